The fourth-order valence-electron chi connectivity index (χ4n) is 5.29. The molecule has 1 aliphatic carbocycles. The Hall–Kier alpha value is -2.13. The van der Waals surface area contributed by atoms with Gasteiger partial charge in [0.25, 0.3) is 0 Å². The summed E-state index contributed by atoms with van der Waals surface area (Å²) >= 11 is 0. The molecule has 3 heterocycles. The summed E-state index contributed by atoms with van der Waals surface area (Å²) in [4.78, 5) is 4.21. The number of rotatable bonds is 11. The topological polar surface area (TPSA) is 155 Å². The van der Waals surface area contributed by atoms with E-state index in [9.17, 15) is 27.0 Å². The Morgan fingerprint density at radius 2 is 1.85 bits per heavy atom. The predicted molar refractivity (Wildman–Crippen MR) is 142 cm³/mol. The Morgan fingerprint density at radius 1 is 1.10 bits per heavy atom. The number of nitrogens with zero attached hydrogens (tertiary/aromatic N) is 2. The van der Waals surface area contributed by atoms with Crippen LogP contribution in [0.25, 0.3) is 0 Å². The Balaban J connectivity index is 1.07. The highest BCUT2D eigenvalue weighted by atomic mass is 32.2. The zero-order valence-electron chi connectivity index (χ0n) is 21.6. The molecule has 0 unspecified atom stereocenters. The molecular formula is C26H35N3O8S2. The van der Waals surface area contributed by atoms with Crippen LogP contribution in [-0.4, -0.2) is 98.3 Å². The summed E-state index contributed by atoms with van der Waals surface area (Å²) in [5.74, 6) is 0.333. The summed E-state index contributed by atoms with van der Waals surface area (Å²) in [6.07, 6.45) is 4.85. The standard InChI is InChI=1S/C26H35N3O8S2/c30-19-26(6-7-26)38(32,33)23-4-1-3-22(13-23)36-18-21(31)15-28-20-14-25(37-17-20)8-11-29(12-9-25)39(34,35)24-5-2-10-27-16-24/h1-5,10,13,16,20-21,28,30-31H,6-9,11-12,14-15,17-19H2/t20-,21+/m1/s1. The van der Waals surface area contributed by atoms with Gasteiger partial charge in [0.05, 0.1) is 28.5 Å². The van der Waals surface area contributed by atoms with Crippen LogP contribution in [0.1, 0.15) is 32.1 Å². The SMILES string of the molecule is O=S(=O)(c1cccnc1)N1CCC2(CC1)C[C@@H](NC[C@H](O)COc1cccc(S(=O)(=O)C3(CO)CC3)c1)CO2. The van der Waals surface area contributed by atoms with Crippen molar-refractivity contribution in [1.82, 2.24) is 14.6 Å². The van der Waals surface area contributed by atoms with Gasteiger partial charge in [-0.1, -0.05) is 6.07 Å². The second kappa shape index (κ2) is 11.0. The lowest BCUT2D eigenvalue weighted by Crippen LogP contribution is -2.47. The number of hydrogen-bond acceptors (Lipinski definition) is 10. The highest BCUT2D eigenvalue weighted by Gasteiger charge is 2.54. The fraction of sp³-hybridized carbons (Fsp3) is 0.577. The van der Waals surface area contributed by atoms with Crippen LogP contribution in [0.2, 0.25) is 0 Å². The molecule has 1 aromatic heterocycles. The first-order chi connectivity index (χ1) is 18.6. The van der Waals surface area contributed by atoms with E-state index in [1.165, 1.54) is 22.6 Å². The van der Waals surface area contributed by atoms with Crippen molar-refractivity contribution in [2.24, 2.45) is 0 Å². The predicted octanol–water partition coefficient (Wildman–Crippen LogP) is 0.722. The van der Waals surface area contributed by atoms with Crippen LogP contribution in [0.5, 0.6) is 5.75 Å². The lowest BCUT2D eigenvalue weighted by Gasteiger charge is -2.38. The van der Waals surface area contributed by atoms with Crippen LogP contribution in [-0.2, 0) is 24.6 Å². The van der Waals surface area contributed by atoms with Gasteiger partial charge in [-0.3, -0.25) is 4.98 Å². The summed E-state index contributed by atoms with van der Waals surface area (Å²) in [6, 6.07) is 9.31. The minimum Gasteiger partial charge on any atom is -0.491 e. The van der Waals surface area contributed by atoms with Crippen molar-refractivity contribution in [2.75, 3.05) is 39.5 Å². The van der Waals surface area contributed by atoms with E-state index in [1.807, 2.05) is 0 Å². The molecule has 3 aliphatic rings. The monoisotopic (exact) mass is 581 g/mol. The van der Waals surface area contributed by atoms with Crippen molar-refractivity contribution in [1.29, 1.82) is 0 Å². The summed E-state index contributed by atoms with van der Waals surface area (Å²) < 4.78 is 63.6. The van der Waals surface area contributed by atoms with Gasteiger partial charge >= 0.3 is 0 Å². The van der Waals surface area contributed by atoms with Gasteiger partial charge < -0.3 is 25.0 Å². The number of aliphatic hydroxyl groups is 2. The molecule has 1 spiro atoms. The molecule has 5 rings (SSSR count). The van der Waals surface area contributed by atoms with Gasteiger partial charge in [0.15, 0.2) is 9.84 Å². The van der Waals surface area contributed by atoms with Crippen molar-refractivity contribution in [3.8, 4) is 5.75 Å². The fourth-order valence-corrected chi connectivity index (χ4v) is 8.54. The van der Waals surface area contributed by atoms with Crippen LogP contribution in [0.15, 0.2) is 58.6 Å². The number of benzene rings is 1. The van der Waals surface area contributed by atoms with Gasteiger partial charge in [0, 0.05) is 38.1 Å². The molecule has 2 aromatic rings. The molecule has 0 amide bonds. The molecule has 0 radical (unpaired) electrons. The van der Waals surface area contributed by atoms with E-state index in [2.05, 4.69) is 10.3 Å². The lowest BCUT2D eigenvalue weighted by molar-refractivity contribution is -0.0312. The van der Waals surface area contributed by atoms with E-state index in [0.29, 0.717) is 57.6 Å². The summed E-state index contributed by atoms with van der Waals surface area (Å²) in [6.45, 7) is 1.04. The molecule has 214 valence electrons. The molecule has 3 fully saturated rings. The highest BCUT2D eigenvalue weighted by Crippen LogP contribution is 2.46. The van der Waals surface area contributed by atoms with E-state index in [4.69, 9.17) is 9.47 Å². The number of sulfone groups is 1. The van der Waals surface area contributed by atoms with Gasteiger partial charge in [0.2, 0.25) is 10.0 Å². The molecule has 1 saturated carbocycles. The number of aromatic nitrogens is 1. The zero-order valence-corrected chi connectivity index (χ0v) is 23.2. The van der Waals surface area contributed by atoms with Crippen LogP contribution in [0.3, 0.4) is 0 Å². The van der Waals surface area contributed by atoms with Crippen molar-refractivity contribution in [2.45, 2.75) is 64.4 Å². The Morgan fingerprint density at radius 3 is 2.51 bits per heavy atom. The van der Waals surface area contributed by atoms with E-state index in [0.717, 1.165) is 0 Å². The second-order valence-electron chi connectivity index (χ2n) is 10.7. The quantitative estimate of drug-likeness (QED) is 0.346. The number of pyridine rings is 1. The third-order valence-corrected chi connectivity index (χ3v) is 12.4. The molecule has 3 N–H and O–H groups in total. The molecule has 13 heteroatoms. The van der Waals surface area contributed by atoms with Gasteiger partial charge in [0.1, 0.15) is 23.4 Å². The van der Waals surface area contributed by atoms with Crippen molar-refractivity contribution in [3.05, 3.63) is 48.8 Å². The van der Waals surface area contributed by atoms with Gasteiger partial charge in [-0.25, -0.2) is 16.8 Å². The highest BCUT2D eigenvalue weighted by molar-refractivity contribution is 7.93. The average Bonchev–Trinajstić information content (AvgIpc) is 3.68. The van der Waals surface area contributed by atoms with E-state index >= 15 is 0 Å². The molecular weight excluding hydrogens is 546 g/mol. The van der Waals surface area contributed by atoms with Crippen LogP contribution in [0, 0.1) is 0 Å². The van der Waals surface area contributed by atoms with Crippen molar-refractivity contribution in [3.63, 3.8) is 0 Å². The van der Waals surface area contributed by atoms with Crippen molar-refractivity contribution < 1.29 is 36.5 Å². The van der Waals surface area contributed by atoms with Crippen LogP contribution in [0.4, 0.5) is 0 Å². The normalized spacial score (nSPS) is 23.5. The van der Waals surface area contributed by atoms with Crippen LogP contribution < -0.4 is 10.1 Å². The number of nitrogens with one attached hydrogen (secondary N) is 1. The van der Waals surface area contributed by atoms with Gasteiger partial charge in [-0.2, -0.15) is 4.31 Å². The molecule has 2 saturated heterocycles. The number of aliphatic hydroxyl groups excluding tert-OH is 2. The first kappa shape index (κ1) is 28.4. The Labute approximate surface area is 229 Å². The molecule has 11 nitrogen and oxygen atoms in total. The third kappa shape index (κ3) is 5.85. The van der Waals surface area contributed by atoms with Crippen molar-refractivity contribution >= 4 is 19.9 Å². The minimum absolute atomic E-state index is 0.0165. The zero-order chi connectivity index (χ0) is 27.7. The largest absolute Gasteiger partial charge is 0.491 e. The molecule has 2 atom stereocenters. The third-order valence-electron chi connectivity index (χ3n) is 7.98. The Bertz CT molecular complexity index is 1360. The number of hydrogen-bond donors (Lipinski definition) is 3. The minimum atomic E-state index is -3.66. The Kier molecular flexibility index (Phi) is 8.04. The molecule has 39 heavy (non-hydrogen) atoms. The average molecular weight is 582 g/mol. The molecule has 2 aliphatic heterocycles. The number of piperidine rings is 1. The summed E-state index contributed by atoms with van der Waals surface area (Å²) in [5, 5.41) is 23.3. The maximum atomic E-state index is 12.9. The molecule has 1 aromatic carbocycles. The maximum absolute atomic E-state index is 12.9. The molecule has 0 bridgehead atoms. The first-order valence-corrected chi connectivity index (χ1v) is 16.1. The smallest absolute Gasteiger partial charge is 0.244 e. The van der Waals surface area contributed by atoms with Crippen LogP contribution >= 0.6 is 0 Å². The maximum Gasteiger partial charge on any atom is 0.244 e. The number of ether oxygens (including phenoxy) is 2. The van der Waals surface area contributed by atoms with Gasteiger partial charge in [-0.15, -0.1) is 0 Å². The van der Waals surface area contributed by atoms with E-state index in [-0.39, 0.29) is 34.6 Å². The van der Waals surface area contributed by atoms with Gasteiger partial charge in [-0.05, 0) is 62.4 Å². The summed E-state index contributed by atoms with van der Waals surface area (Å²) in [7, 11) is -7.24. The first-order valence-electron chi connectivity index (χ1n) is 13.1. The van der Waals surface area contributed by atoms with E-state index < -0.39 is 37.3 Å². The van der Waals surface area contributed by atoms with E-state index in [1.54, 1.807) is 30.5 Å². The second-order valence-corrected chi connectivity index (χ2v) is 15.0. The summed E-state index contributed by atoms with van der Waals surface area (Å²) in [5.41, 5.74) is -0.389. The number of sulfonamides is 1. The lowest BCUT2D eigenvalue weighted by atomic mass is 9.88.